The van der Waals surface area contributed by atoms with Crippen LogP contribution in [0.4, 0.5) is 11.5 Å². The molecule has 0 spiro atoms. The van der Waals surface area contributed by atoms with Crippen LogP contribution in [0.5, 0.6) is 0 Å². The number of piperidine rings is 1. The number of hydrazone groups is 1. The van der Waals surface area contributed by atoms with E-state index in [1.165, 1.54) is 28.7 Å². The summed E-state index contributed by atoms with van der Waals surface area (Å²) in [5.74, 6) is 0.377. The first-order valence-electron chi connectivity index (χ1n) is 8.89. The van der Waals surface area contributed by atoms with Crippen LogP contribution in [0.2, 0.25) is 0 Å². The number of nitrogens with one attached hydrogen (secondary N) is 1. The number of nitro groups is 1. The second-order valence-electron chi connectivity index (χ2n) is 6.46. The summed E-state index contributed by atoms with van der Waals surface area (Å²) in [5, 5.41) is 15.0. The maximum Gasteiger partial charge on any atom is 0.270 e. The van der Waals surface area contributed by atoms with Crippen molar-refractivity contribution in [2.75, 3.05) is 18.5 Å². The molecule has 0 saturated carbocycles. The predicted molar refractivity (Wildman–Crippen MR) is 106 cm³/mol. The first kappa shape index (κ1) is 19.9. The topological polar surface area (TPSA) is 118 Å². The van der Waals surface area contributed by atoms with E-state index in [1.807, 2.05) is 0 Å². The van der Waals surface area contributed by atoms with Crippen molar-refractivity contribution in [2.45, 2.75) is 31.1 Å². The van der Waals surface area contributed by atoms with Gasteiger partial charge >= 0.3 is 0 Å². The number of hydrogen-bond donors (Lipinski definition) is 1. The van der Waals surface area contributed by atoms with Gasteiger partial charge in [-0.3, -0.25) is 15.5 Å². The van der Waals surface area contributed by atoms with Gasteiger partial charge in [-0.1, -0.05) is 18.6 Å². The summed E-state index contributed by atoms with van der Waals surface area (Å²) in [5.41, 5.74) is 3.87. The number of benzene rings is 1. The van der Waals surface area contributed by atoms with Gasteiger partial charge in [-0.15, -0.1) is 0 Å². The van der Waals surface area contributed by atoms with Crippen LogP contribution in [0.1, 0.15) is 31.7 Å². The molecule has 0 amide bonds. The Morgan fingerprint density at radius 2 is 1.96 bits per heavy atom. The molecule has 0 unspecified atom stereocenters. The van der Waals surface area contributed by atoms with E-state index in [2.05, 4.69) is 15.5 Å². The molecule has 2 aromatic rings. The molecule has 0 bridgehead atoms. The van der Waals surface area contributed by atoms with Crippen LogP contribution in [0.15, 0.2) is 52.6 Å². The van der Waals surface area contributed by atoms with Gasteiger partial charge in [0.05, 0.1) is 10.6 Å². The first-order chi connectivity index (χ1) is 13.4. The molecule has 9 nitrogen and oxygen atoms in total. The number of non-ortho nitro benzene ring substituents is 1. The van der Waals surface area contributed by atoms with Crippen molar-refractivity contribution >= 4 is 27.2 Å². The van der Waals surface area contributed by atoms with Gasteiger partial charge in [0.25, 0.3) is 5.69 Å². The van der Waals surface area contributed by atoms with Crippen LogP contribution in [-0.2, 0) is 10.0 Å². The Balaban J connectivity index is 1.71. The molecule has 1 aromatic carbocycles. The quantitative estimate of drug-likeness (QED) is 0.450. The molecule has 1 N–H and O–H groups in total. The number of nitrogens with zero attached hydrogens (tertiary/aromatic N) is 4. The minimum absolute atomic E-state index is 0.0163. The number of nitro benzene ring substituents is 1. The molecule has 148 valence electrons. The summed E-state index contributed by atoms with van der Waals surface area (Å²) in [6, 6.07) is 9.19. The van der Waals surface area contributed by atoms with Gasteiger partial charge < -0.3 is 0 Å². The smallest absolute Gasteiger partial charge is 0.261 e. The molecule has 1 aromatic heterocycles. The zero-order valence-corrected chi connectivity index (χ0v) is 16.2. The molecule has 1 fully saturated rings. The fourth-order valence-corrected chi connectivity index (χ4v) is 4.37. The van der Waals surface area contributed by atoms with Gasteiger partial charge in [0.2, 0.25) is 10.0 Å². The lowest BCUT2D eigenvalue weighted by Crippen LogP contribution is -2.35. The number of aromatic nitrogens is 1. The van der Waals surface area contributed by atoms with Gasteiger partial charge in [0, 0.05) is 37.0 Å². The van der Waals surface area contributed by atoms with Gasteiger partial charge in [0.15, 0.2) is 0 Å². The maximum atomic E-state index is 12.6. The van der Waals surface area contributed by atoms with Crippen molar-refractivity contribution in [1.82, 2.24) is 9.29 Å². The Morgan fingerprint density at radius 1 is 1.21 bits per heavy atom. The molecule has 1 aliphatic heterocycles. The zero-order valence-electron chi connectivity index (χ0n) is 15.4. The van der Waals surface area contributed by atoms with Crippen molar-refractivity contribution in [3.63, 3.8) is 0 Å². The van der Waals surface area contributed by atoms with Crippen molar-refractivity contribution in [3.8, 4) is 0 Å². The molecule has 1 aliphatic rings. The van der Waals surface area contributed by atoms with Crippen molar-refractivity contribution in [2.24, 2.45) is 5.10 Å². The third-order valence-corrected chi connectivity index (χ3v) is 6.38. The molecule has 0 atom stereocenters. The number of sulfonamides is 1. The van der Waals surface area contributed by atoms with E-state index in [-0.39, 0.29) is 10.6 Å². The van der Waals surface area contributed by atoms with Gasteiger partial charge in [-0.25, -0.2) is 13.4 Å². The minimum Gasteiger partial charge on any atom is -0.261 e. The summed E-state index contributed by atoms with van der Waals surface area (Å²) >= 11 is 0. The van der Waals surface area contributed by atoms with E-state index in [0.717, 1.165) is 19.3 Å². The van der Waals surface area contributed by atoms with E-state index in [9.17, 15) is 18.5 Å². The first-order valence-corrected chi connectivity index (χ1v) is 10.3. The average Bonchev–Trinajstić information content (AvgIpc) is 2.73. The number of hydrogen-bond acceptors (Lipinski definition) is 7. The Kier molecular flexibility index (Phi) is 6.00. The number of anilines is 1. The molecule has 0 radical (unpaired) electrons. The standard InChI is InChI=1S/C18H21N5O4S/c1-14(15-6-5-7-16(12-15)23(24)25)20-21-18-9-8-17(13-19-18)28(26,27)22-10-3-2-4-11-22/h5-9,12-13H,2-4,10-11H2,1H3,(H,19,21)/b20-14+. The van der Waals surface area contributed by atoms with Gasteiger partial charge in [-0.2, -0.15) is 9.41 Å². The lowest BCUT2D eigenvalue weighted by Gasteiger charge is -2.25. The monoisotopic (exact) mass is 403 g/mol. The third-order valence-electron chi connectivity index (χ3n) is 4.50. The van der Waals surface area contributed by atoms with Crippen molar-refractivity contribution in [1.29, 1.82) is 0 Å². The Labute approximate surface area is 163 Å². The van der Waals surface area contributed by atoms with E-state index in [0.29, 0.717) is 30.2 Å². The van der Waals surface area contributed by atoms with Crippen LogP contribution in [-0.4, -0.2) is 41.4 Å². The molecule has 3 rings (SSSR count). The number of pyridine rings is 1. The number of rotatable bonds is 6. The Bertz CT molecular complexity index is 983. The largest absolute Gasteiger partial charge is 0.270 e. The summed E-state index contributed by atoms with van der Waals surface area (Å²) < 4.78 is 26.7. The van der Waals surface area contributed by atoms with Gasteiger partial charge in [0.1, 0.15) is 10.7 Å². The highest BCUT2D eigenvalue weighted by Crippen LogP contribution is 2.21. The maximum absolute atomic E-state index is 12.6. The summed E-state index contributed by atoms with van der Waals surface area (Å²) in [6.45, 7) is 2.78. The molecule has 2 heterocycles. The highest BCUT2D eigenvalue weighted by Gasteiger charge is 2.26. The predicted octanol–water partition coefficient (Wildman–Crippen LogP) is 3.00. The van der Waals surface area contributed by atoms with Gasteiger partial charge in [-0.05, 0) is 31.9 Å². The van der Waals surface area contributed by atoms with E-state index in [4.69, 9.17) is 0 Å². The SMILES string of the molecule is C/C(=N\Nc1ccc(S(=O)(=O)N2CCCCC2)cn1)c1cccc([N+](=O)[O-])c1. The second kappa shape index (κ2) is 8.44. The van der Waals surface area contributed by atoms with E-state index < -0.39 is 14.9 Å². The van der Waals surface area contributed by atoms with Crippen LogP contribution in [0.25, 0.3) is 0 Å². The van der Waals surface area contributed by atoms with Crippen LogP contribution in [0.3, 0.4) is 0 Å². The molecular formula is C18H21N5O4S. The lowest BCUT2D eigenvalue weighted by atomic mass is 10.1. The molecule has 10 heteroatoms. The zero-order chi connectivity index (χ0) is 20.1. The molecular weight excluding hydrogens is 382 g/mol. The Hall–Kier alpha value is -2.85. The average molecular weight is 403 g/mol. The van der Waals surface area contributed by atoms with Crippen LogP contribution >= 0.6 is 0 Å². The molecule has 0 aliphatic carbocycles. The van der Waals surface area contributed by atoms with E-state index >= 15 is 0 Å². The van der Waals surface area contributed by atoms with Crippen molar-refractivity contribution in [3.05, 3.63) is 58.3 Å². The fourth-order valence-electron chi connectivity index (χ4n) is 2.90. The fraction of sp³-hybridized carbons (Fsp3) is 0.333. The normalized spacial score (nSPS) is 16.0. The highest BCUT2D eigenvalue weighted by molar-refractivity contribution is 7.89. The van der Waals surface area contributed by atoms with Crippen LogP contribution in [0, 0.1) is 10.1 Å². The lowest BCUT2D eigenvalue weighted by molar-refractivity contribution is -0.384. The minimum atomic E-state index is -3.52. The second-order valence-corrected chi connectivity index (χ2v) is 8.40. The summed E-state index contributed by atoms with van der Waals surface area (Å²) in [4.78, 5) is 14.7. The van der Waals surface area contributed by atoms with Crippen LogP contribution < -0.4 is 5.43 Å². The van der Waals surface area contributed by atoms with Crippen molar-refractivity contribution < 1.29 is 13.3 Å². The summed E-state index contributed by atoms with van der Waals surface area (Å²) in [7, 11) is -3.52. The third kappa shape index (κ3) is 4.52. The molecule has 28 heavy (non-hydrogen) atoms. The summed E-state index contributed by atoms with van der Waals surface area (Å²) in [6.07, 6.45) is 4.11. The highest BCUT2D eigenvalue weighted by atomic mass is 32.2. The molecule has 1 saturated heterocycles. The Morgan fingerprint density at radius 3 is 2.61 bits per heavy atom. The van der Waals surface area contributed by atoms with E-state index in [1.54, 1.807) is 25.1 Å².